The van der Waals surface area contributed by atoms with E-state index in [0.717, 1.165) is 18.7 Å². The average molecular weight is 544 g/mol. The Hall–Kier alpha value is -2.17. The van der Waals surface area contributed by atoms with E-state index in [2.05, 4.69) is 39.9 Å². The number of aromatic nitrogens is 2. The summed E-state index contributed by atoms with van der Waals surface area (Å²) in [5.41, 5.74) is 4.27. The molecule has 0 aliphatic rings. The fraction of sp³-hybridized carbons (Fsp3) is 0.500. The minimum atomic E-state index is -0.382. The van der Waals surface area contributed by atoms with Crippen LogP contribution in [-0.2, 0) is 13.5 Å². The number of hydrogen-bond acceptors (Lipinski definition) is 3. The zero-order valence-corrected chi connectivity index (χ0v) is 21.5. The van der Waals surface area contributed by atoms with Gasteiger partial charge in [-0.25, -0.2) is 4.39 Å². The molecule has 1 aromatic carbocycles. The summed E-state index contributed by atoms with van der Waals surface area (Å²) < 4.78 is 15.5. The first-order valence-corrected chi connectivity index (χ1v) is 10.3. The second kappa shape index (κ2) is 12.6. The van der Waals surface area contributed by atoms with Gasteiger partial charge in [0.2, 0.25) is 0 Å². The first kappa shape index (κ1) is 26.9. The normalized spacial score (nSPS) is 12.2. The maximum atomic E-state index is 13.6. The first-order chi connectivity index (χ1) is 14.2. The Morgan fingerprint density at radius 3 is 2.55 bits per heavy atom. The second-order valence-electron chi connectivity index (χ2n) is 7.50. The van der Waals surface area contributed by atoms with Crippen LogP contribution in [-0.4, -0.2) is 47.3 Å². The van der Waals surface area contributed by atoms with Crippen LogP contribution in [0.15, 0.2) is 23.2 Å². The van der Waals surface area contributed by atoms with Gasteiger partial charge in [0.15, 0.2) is 5.96 Å². The second-order valence-corrected chi connectivity index (χ2v) is 7.50. The lowest BCUT2D eigenvalue weighted by Gasteiger charge is -2.18. The lowest BCUT2D eigenvalue weighted by molar-refractivity contribution is 0.0954. The number of amides is 1. The Bertz CT molecular complexity index is 912. The highest BCUT2D eigenvalue weighted by molar-refractivity contribution is 14.0. The molecule has 1 unspecified atom stereocenters. The molecule has 9 heteroatoms. The maximum Gasteiger partial charge on any atom is 0.251 e. The van der Waals surface area contributed by atoms with Gasteiger partial charge >= 0.3 is 0 Å². The molecule has 31 heavy (non-hydrogen) atoms. The minimum absolute atomic E-state index is 0. The van der Waals surface area contributed by atoms with E-state index >= 15 is 0 Å². The van der Waals surface area contributed by atoms with E-state index in [4.69, 9.17) is 0 Å². The number of aryl methyl sites for hydroxylation is 3. The SMILES string of the molecule is CCNC(=NCCNC(=O)c1ccc(C)c(F)c1)NC(C)Cc1c(C)nn(C)c1C.I. The largest absolute Gasteiger partial charge is 0.357 e. The molecule has 0 spiro atoms. The van der Waals surface area contributed by atoms with Crippen LogP contribution in [0.4, 0.5) is 4.39 Å². The topological polar surface area (TPSA) is 83.3 Å². The highest BCUT2D eigenvalue weighted by Gasteiger charge is 2.14. The van der Waals surface area contributed by atoms with Gasteiger partial charge in [-0.3, -0.25) is 14.5 Å². The highest BCUT2D eigenvalue weighted by atomic mass is 127. The molecule has 0 aliphatic heterocycles. The van der Waals surface area contributed by atoms with E-state index < -0.39 is 0 Å². The van der Waals surface area contributed by atoms with Gasteiger partial charge in [-0.2, -0.15) is 5.10 Å². The number of guanidine groups is 1. The van der Waals surface area contributed by atoms with Crippen LogP contribution >= 0.6 is 24.0 Å². The van der Waals surface area contributed by atoms with Crippen LogP contribution in [0.2, 0.25) is 0 Å². The zero-order chi connectivity index (χ0) is 22.3. The molecule has 0 saturated carbocycles. The minimum Gasteiger partial charge on any atom is -0.357 e. The number of benzene rings is 1. The Balaban J connectivity index is 0.00000480. The average Bonchev–Trinajstić information content (AvgIpc) is 2.93. The van der Waals surface area contributed by atoms with E-state index in [-0.39, 0.29) is 41.7 Å². The molecule has 2 aromatic rings. The van der Waals surface area contributed by atoms with Gasteiger partial charge in [-0.15, -0.1) is 24.0 Å². The van der Waals surface area contributed by atoms with Gasteiger partial charge in [-0.05, 0) is 64.3 Å². The first-order valence-electron chi connectivity index (χ1n) is 10.3. The predicted octanol–water partition coefficient (Wildman–Crippen LogP) is 3.02. The summed E-state index contributed by atoms with van der Waals surface area (Å²) in [5.74, 6) is 0.00478. The van der Waals surface area contributed by atoms with Crippen molar-refractivity contribution in [1.82, 2.24) is 25.7 Å². The van der Waals surface area contributed by atoms with E-state index in [1.54, 1.807) is 19.1 Å². The zero-order valence-electron chi connectivity index (χ0n) is 19.2. The van der Waals surface area contributed by atoms with Gasteiger partial charge in [-0.1, -0.05) is 6.07 Å². The number of nitrogens with one attached hydrogen (secondary N) is 3. The van der Waals surface area contributed by atoms with Crippen LogP contribution in [0.25, 0.3) is 0 Å². The number of rotatable bonds is 8. The van der Waals surface area contributed by atoms with E-state index in [1.807, 2.05) is 25.6 Å². The lowest BCUT2D eigenvalue weighted by atomic mass is 10.1. The molecule has 0 saturated heterocycles. The Labute approximate surface area is 201 Å². The van der Waals surface area contributed by atoms with Crippen molar-refractivity contribution in [1.29, 1.82) is 0 Å². The molecule has 0 fully saturated rings. The summed E-state index contributed by atoms with van der Waals surface area (Å²) in [4.78, 5) is 16.7. The molecule has 172 valence electrons. The number of nitrogens with zero attached hydrogens (tertiary/aromatic N) is 3. The van der Waals surface area contributed by atoms with Crippen LogP contribution in [0.1, 0.15) is 46.7 Å². The quantitative estimate of drug-likeness (QED) is 0.207. The summed E-state index contributed by atoms with van der Waals surface area (Å²) in [7, 11) is 1.95. The van der Waals surface area contributed by atoms with Crippen molar-refractivity contribution in [3.8, 4) is 0 Å². The summed E-state index contributed by atoms with van der Waals surface area (Å²) in [5, 5.41) is 13.9. The lowest BCUT2D eigenvalue weighted by Crippen LogP contribution is -2.43. The van der Waals surface area contributed by atoms with E-state index in [0.29, 0.717) is 30.2 Å². The molecule has 0 bridgehead atoms. The van der Waals surface area contributed by atoms with Crippen molar-refractivity contribution < 1.29 is 9.18 Å². The third-order valence-electron chi connectivity index (χ3n) is 5.00. The number of aliphatic imine (C=N–C) groups is 1. The molecule has 7 nitrogen and oxygen atoms in total. The standard InChI is InChI=1S/C22H33FN6O.HI/c1-7-24-22(27-15(3)12-19-16(4)28-29(6)17(19)5)26-11-10-25-21(30)18-9-8-14(2)20(23)13-18;/h8-9,13,15H,7,10-12H2,1-6H3,(H,25,30)(H2,24,26,27);1H. The van der Waals surface area contributed by atoms with Gasteiger partial charge in [0.1, 0.15) is 5.82 Å². The number of hydrogen-bond donors (Lipinski definition) is 3. The summed E-state index contributed by atoms with van der Waals surface area (Å²) in [6.45, 7) is 11.4. The number of halogens is 2. The molecule has 3 N–H and O–H groups in total. The Kier molecular flexibility index (Phi) is 10.9. The van der Waals surface area contributed by atoms with Crippen molar-refractivity contribution in [3.63, 3.8) is 0 Å². The molecule has 1 amide bonds. The molecule has 2 rings (SSSR count). The van der Waals surface area contributed by atoms with Crippen molar-refractivity contribution in [2.45, 2.75) is 47.1 Å². The molecule has 0 radical (unpaired) electrons. The van der Waals surface area contributed by atoms with Gasteiger partial charge in [0.05, 0.1) is 12.2 Å². The van der Waals surface area contributed by atoms with Gasteiger partial charge in [0, 0.05) is 37.4 Å². The number of carbonyl (C=O) groups excluding carboxylic acids is 1. The van der Waals surface area contributed by atoms with E-state index in [9.17, 15) is 9.18 Å². The fourth-order valence-electron chi connectivity index (χ4n) is 3.20. The van der Waals surface area contributed by atoms with Crippen molar-refractivity contribution >= 4 is 35.8 Å². The highest BCUT2D eigenvalue weighted by Crippen LogP contribution is 2.14. The fourth-order valence-corrected chi connectivity index (χ4v) is 3.20. The van der Waals surface area contributed by atoms with E-state index in [1.165, 1.54) is 17.3 Å². The van der Waals surface area contributed by atoms with Crippen molar-refractivity contribution in [2.24, 2.45) is 12.0 Å². The summed E-state index contributed by atoms with van der Waals surface area (Å²) in [6, 6.07) is 4.63. The smallest absolute Gasteiger partial charge is 0.251 e. The molecular weight excluding hydrogens is 510 g/mol. The third-order valence-corrected chi connectivity index (χ3v) is 5.00. The molecule has 1 heterocycles. The third kappa shape index (κ3) is 7.79. The van der Waals surface area contributed by atoms with Gasteiger partial charge < -0.3 is 16.0 Å². The van der Waals surface area contributed by atoms with Crippen molar-refractivity contribution in [2.75, 3.05) is 19.6 Å². The molecule has 0 aliphatic carbocycles. The molecule has 1 aromatic heterocycles. The predicted molar refractivity (Wildman–Crippen MR) is 134 cm³/mol. The number of carbonyl (C=O) groups is 1. The van der Waals surface area contributed by atoms with Crippen LogP contribution in [0.3, 0.4) is 0 Å². The Morgan fingerprint density at radius 1 is 1.26 bits per heavy atom. The maximum absolute atomic E-state index is 13.6. The van der Waals surface area contributed by atoms with Crippen LogP contribution in [0, 0.1) is 26.6 Å². The molecular formula is C22H34FIN6O. The monoisotopic (exact) mass is 544 g/mol. The van der Waals surface area contributed by atoms with Gasteiger partial charge in [0.25, 0.3) is 5.91 Å². The van der Waals surface area contributed by atoms with Crippen LogP contribution in [0.5, 0.6) is 0 Å². The van der Waals surface area contributed by atoms with Crippen LogP contribution < -0.4 is 16.0 Å². The summed E-state index contributed by atoms with van der Waals surface area (Å²) in [6.07, 6.45) is 0.839. The Morgan fingerprint density at radius 2 is 1.97 bits per heavy atom. The van der Waals surface area contributed by atoms with Crippen molar-refractivity contribution in [3.05, 3.63) is 52.1 Å². The summed E-state index contributed by atoms with van der Waals surface area (Å²) >= 11 is 0. The molecule has 1 atom stereocenters.